The van der Waals surface area contributed by atoms with E-state index in [4.69, 9.17) is 23.2 Å². The average molecular weight is 454 g/mol. The number of hydrazine groups is 1. The van der Waals surface area contributed by atoms with E-state index in [1.165, 1.54) is 24.3 Å². The van der Waals surface area contributed by atoms with Crippen molar-refractivity contribution in [1.82, 2.24) is 10.9 Å². The zero-order valence-electron chi connectivity index (χ0n) is 16.1. The number of amides is 3. The Bertz CT molecular complexity index is 1150. The SMILES string of the molecule is O=C(/C=C/c1ccccc1)NNC(=O)c1ccccc1NC(=O)c1ccc(Cl)cc1Cl. The van der Waals surface area contributed by atoms with Crippen molar-refractivity contribution < 1.29 is 14.4 Å². The first-order valence-corrected chi connectivity index (χ1v) is 9.88. The third kappa shape index (κ3) is 6.18. The van der Waals surface area contributed by atoms with Crippen molar-refractivity contribution in [1.29, 1.82) is 0 Å². The van der Waals surface area contributed by atoms with Crippen LogP contribution >= 0.6 is 23.2 Å². The van der Waals surface area contributed by atoms with Gasteiger partial charge >= 0.3 is 0 Å². The predicted octanol–water partition coefficient (Wildman–Crippen LogP) is 4.72. The Labute approximate surface area is 188 Å². The molecule has 0 radical (unpaired) electrons. The summed E-state index contributed by atoms with van der Waals surface area (Å²) in [5.74, 6) is -1.61. The van der Waals surface area contributed by atoms with Crippen molar-refractivity contribution >= 4 is 52.7 Å². The van der Waals surface area contributed by atoms with E-state index < -0.39 is 17.7 Å². The van der Waals surface area contributed by atoms with Crippen molar-refractivity contribution in [2.24, 2.45) is 0 Å². The maximum absolute atomic E-state index is 12.6. The molecule has 0 atom stereocenters. The van der Waals surface area contributed by atoms with Gasteiger partial charge in [-0.15, -0.1) is 0 Å². The summed E-state index contributed by atoms with van der Waals surface area (Å²) in [5, 5.41) is 3.23. The minimum atomic E-state index is -0.598. The van der Waals surface area contributed by atoms with Gasteiger partial charge in [0.05, 0.1) is 21.8 Å². The van der Waals surface area contributed by atoms with Crippen LogP contribution in [0.2, 0.25) is 10.0 Å². The molecule has 0 fully saturated rings. The first-order valence-electron chi connectivity index (χ1n) is 9.13. The molecule has 3 amide bonds. The molecule has 0 heterocycles. The molecule has 3 rings (SSSR count). The number of carbonyl (C=O) groups excluding carboxylic acids is 3. The van der Waals surface area contributed by atoms with E-state index in [1.807, 2.05) is 30.3 Å². The molecule has 3 N–H and O–H groups in total. The Morgan fingerprint density at radius 2 is 1.45 bits per heavy atom. The molecule has 0 aliphatic heterocycles. The smallest absolute Gasteiger partial charge is 0.271 e. The zero-order chi connectivity index (χ0) is 22.2. The summed E-state index contributed by atoms with van der Waals surface area (Å²) in [6.45, 7) is 0. The Morgan fingerprint density at radius 1 is 0.742 bits per heavy atom. The maximum atomic E-state index is 12.6. The van der Waals surface area contributed by atoms with Gasteiger partial charge in [-0.05, 0) is 42.0 Å². The number of hydrogen-bond donors (Lipinski definition) is 3. The average Bonchev–Trinajstić information content (AvgIpc) is 2.77. The first-order chi connectivity index (χ1) is 14.9. The lowest BCUT2D eigenvalue weighted by Gasteiger charge is -2.12. The molecule has 0 unspecified atom stereocenters. The van der Waals surface area contributed by atoms with E-state index in [0.29, 0.717) is 5.02 Å². The second kappa shape index (κ2) is 10.4. The van der Waals surface area contributed by atoms with Crippen LogP contribution < -0.4 is 16.2 Å². The molecule has 0 saturated heterocycles. The third-order valence-electron chi connectivity index (χ3n) is 4.12. The van der Waals surface area contributed by atoms with Crippen molar-refractivity contribution in [3.63, 3.8) is 0 Å². The van der Waals surface area contributed by atoms with Crippen LogP contribution in [0.3, 0.4) is 0 Å². The normalized spacial score (nSPS) is 10.5. The highest BCUT2D eigenvalue weighted by Gasteiger charge is 2.16. The summed E-state index contributed by atoms with van der Waals surface area (Å²) in [4.78, 5) is 37.0. The van der Waals surface area contributed by atoms with E-state index in [0.717, 1.165) is 5.56 Å². The van der Waals surface area contributed by atoms with E-state index in [1.54, 1.807) is 30.3 Å². The first kappa shape index (κ1) is 22.1. The fourth-order valence-electron chi connectivity index (χ4n) is 2.62. The van der Waals surface area contributed by atoms with Gasteiger partial charge in [-0.1, -0.05) is 65.7 Å². The summed E-state index contributed by atoms with van der Waals surface area (Å²) in [6.07, 6.45) is 2.91. The molecule has 0 aliphatic rings. The van der Waals surface area contributed by atoms with Crippen LogP contribution in [-0.2, 0) is 4.79 Å². The molecule has 6 nitrogen and oxygen atoms in total. The lowest BCUT2D eigenvalue weighted by atomic mass is 10.1. The second-order valence-electron chi connectivity index (χ2n) is 6.31. The molecule has 8 heteroatoms. The van der Waals surface area contributed by atoms with E-state index in [9.17, 15) is 14.4 Å². The fourth-order valence-corrected chi connectivity index (χ4v) is 3.11. The van der Waals surface area contributed by atoms with Crippen molar-refractivity contribution in [2.75, 3.05) is 5.32 Å². The lowest BCUT2D eigenvalue weighted by Crippen LogP contribution is -2.41. The van der Waals surface area contributed by atoms with Crippen LogP contribution in [0.4, 0.5) is 5.69 Å². The molecular weight excluding hydrogens is 437 g/mol. The van der Waals surface area contributed by atoms with Crippen LogP contribution in [-0.4, -0.2) is 17.7 Å². The molecule has 0 bridgehead atoms. The fraction of sp³-hybridized carbons (Fsp3) is 0. The van der Waals surface area contributed by atoms with Crippen molar-refractivity contribution in [2.45, 2.75) is 0 Å². The van der Waals surface area contributed by atoms with Gasteiger partial charge < -0.3 is 5.32 Å². The van der Waals surface area contributed by atoms with Crippen molar-refractivity contribution in [3.05, 3.63) is 106 Å². The maximum Gasteiger partial charge on any atom is 0.271 e. The molecule has 3 aromatic rings. The number of carbonyl (C=O) groups is 3. The van der Waals surface area contributed by atoms with E-state index in [2.05, 4.69) is 16.2 Å². The quantitative estimate of drug-likeness (QED) is 0.385. The number of hydrogen-bond acceptors (Lipinski definition) is 3. The van der Waals surface area contributed by atoms with Crippen LogP contribution in [0.1, 0.15) is 26.3 Å². The predicted molar refractivity (Wildman–Crippen MR) is 122 cm³/mol. The van der Waals surface area contributed by atoms with E-state index >= 15 is 0 Å². The molecular formula is C23H17Cl2N3O3. The molecule has 31 heavy (non-hydrogen) atoms. The summed E-state index contributed by atoms with van der Waals surface area (Å²) in [6, 6.07) is 20.1. The number of nitrogens with one attached hydrogen (secondary N) is 3. The van der Waals surface area contributed by atoms with Crippen LogP contribution in [0.15, 0.2) is 78.9 Å². The Kier molecular flexibility index (Phi) is 7.43. The Hall–Kier alpha value is -3.61. The number of rotatable bonds is 5. The zero-order valence-corrected chi connectivity index (χ0v) is 17.6. The standard InChI is InChI=1S/C23H17Cl2N3O3/c24-16-11-12-17(19(25)14-16)22(30)26-20-9-5-4-8-18(20)23(31)28-27-21(29)13-10-15-6-2-1-3-7-15/h1-14H,(H,26,30)(H,27,29)(H,28,31)/b13-10+. The summed E-state index contributed by atoms with van der Waals surface area (Å²) in [7, 11) is 0. The minimum absolute atomic E-state index is 0.160. The van der Waals surface area contributed by atoms with Gasteiger partial charge in [0.15, 0.2) is 0 Å². The minimum Gasteiger partial charge on any atom is -0.321 e. The van der Waals surface area contributed by atoms with Gasteiger partial charge in [-0.2, -0.15) is 0 Å². The van der Waals surface area contributed by atoms with Gasteiger partial charge in [-0.3, -0.25) is 25.2 Å². The number of anilines is 1. The van der Waals surface area contributed by atoms with E-state index in [-0.39, 0.29) is 21.8 Å². The largest absolute Gasteiger partial charge is 0.321 e. The summed E-state index contributed by atoms with van der Waals surface area (Å²) >= 11 is 11.9. The topological polar surface area (TPSA) is 87.3 Å². The molecule has 156 valence electrons. The lowest BCUT2D eigenvalue weighted by molar-refractivity contribution is -0.117. The monoisotopic (exact) mass is 453 g/mol. The summed E-state index contributed by atoms with van der Waals surface area (Å²) in [5.41, 5.74) is 6.10. The van der Waals surface area contributed by atoms with Crippen LogP contribution in [0, 0.1) is 0 Å². The van der Waals surface area contributed by atoms with Gasteiger partial charge in [0, 0.05) is 11.1 Å². The molecule has 0 aliphatic carbocycles. The Balaban J connectivity index is 1.65. The highest BCUT2D eigenvalue weighted by atomic mass is 35.5. The van der Waals surface area contributed by atoms with Crippen LogP contribution in [0.25, 0.3) is 6.08 Å². The highest BCUT2D eigenvalue weighted by Crippen LogP contribution is 2.23. The Morgan fingerprint density at radius 3 is 2.19 bits per heavy atom. The third-order valence-corrected chi connectivity index (χ3v) is 4.67. The second-order valence-corrected chi connectivity index (χ2v) is 7.15. The van der Waals surface area contributed by atoms with Gasteiger partial charge in [0.25, 0.3) is 17.7 Å². The summed E-state index contributed by atoms with van der Waals surface area (Å²) < 4.78 is 0. The molecule has 0 spiro atoms. The molecule has 3 aromatic carbocycles. The highest BCUT2D eigenvalue weighted by molar-refractivity contribution is 6.37. The number of benzene rings is 3. The number of halogens is 2. The van der Waals surface area contributed by atoms with Crippen LogP contribution in [0.5, 0.6) is 0 Å². The van der Waals surface area contributed by atoms with Gasteiger partial charge in [0.2, 0.25) is 0 Å². The molecule has 0 saturated carbocycles. The van der Waals surface area contributed by atoms with Crippen molar-refractivity contribution in [3.8, 4) is 0 Å². The van der Waals surface area contributed by atoms with Gasteiger partial charge in [-0.25, -0.2) is 0 Å². The molecule has 0 aromatic heterocycles. The number of para-hydroxylation sites is 1. The van der Waals surface area contributed by atoms with Gasteiger partial charge in [0.1, 0.15) is 0 Å².